The molecule has 0 N–H and O–H groups in total. The summed E-state index contributed by atoms with van der Waals surface area (Å²) in [6, 6.07) is 23.7. The summed E-state index contributed by atoms with van der Waals surface area (Å²) in [5, 5.41) is 0.705. The molecule has 5 heteroatoms. The number of fused-ring (bicyclic) bond motifs is 1. The highest BCUT2D eigenvalue weighted by Crippen LogP contribution is 2.22. The van der Waals surface area contributed by atoms with E-state index in [1.54, 1.807) is 0 Å². The second kappa shape index (κ2) is 10.2. The molecular weight excluding hydrogens is 408 g/mol. The Morgan fingerprint density at radius 2 is 1.71 bits per heavy atom. The minimum absolute atomic E-state index is 0.404. The number of hydrogen-bond acceptors (Lipinski definition) is 3. The van der Waals surface area contributed by atoms with Crippen molar-refractivity contribution in [3.8, 4) is 11.5 Å². The number of halogens is 1. The molecule has 0 aliphatic rings. The standard InChI is InChI=1S/C26H25ClN2O2/c1-2-8-20-9-3-6-12-25(20)31-19-26-28-23-10-4-5-11-24(23)29(26)17-7-18-30-22-15-13-21(27)14-16-22/h2-6,9-16H,1,7-8,17-19H2. The molecule has 31 heavy (non-hydrogen) atoms. The van der Waals surface area contributed by atoms with Crippen LogP contribution in [-0.4, -0.2) is 16.2 Å². The fourth-order valence-corrected chi connectivity index (χ4v) is 3.67. The van der Waals surface area contributed by atoms with Gasteiger partial charge < -0.3 is 14.0 Å². The summed E-state index contributed by atoms with van der Waals surface area (Å²) < 4.78 is 14.2. The molecule has 1 heterocycles. The summed E-state index contributed by atoms with van der Waals surface area (Å²) in [4.78, 5) is 4.81. The van der Waals surface area contributed by atoms with Gasteiger partial charge in [0.25, 0.3) is 0 Å². The zero-order chi connectivity index (χ0) is 21.5. The Balaban J connectivity index is 1.45. The maximum absolute atomic E-state index is 6.16. The van der Waals surface area contributed by atoms with Crippen LogP contribution < -0.4 is 9.47 Å². The molecule has 0 spiro atoms. The number of para-hydroxylation sites is 3. The Morgan fingerprint density at radius 1 is 0.935 bits per heavy atom. The van der Waals surface area contributed by atoms with Crippen molar-refractivity contribution in [2.75, 3.05) is 6.61 Å². The third kappa shape index (κ3) is 5.28. The van der Waals surface area contributed by atoms with Gasteiger partial charge in [-0.25, -0.2) is 4.98 Å². The first-order valence-electron chi connectivity index (χ1n) is 10.4. The molecule has 0 amide bonds. The van der Waals surface area contributed by atoms with Gasteiger partial charge in [0.05, 0.1) is 17.6 Å². The molecule has 0 saturated carbocycles. The number of benzene rings is 3. The smallest absolute Gasteiger partial charge is 0.148 e. The molecule has 0 unspecified atom stereocenters. The van der Waals surface area contributed by atoms with Crippen LogP contribution in [0.4, 0.5) is 0 Å². The lowest BCUT2D eigenvalue weighted by molar-refractivity contribution is 0.279. The van der Waals surface area contributed by atoms with Crippen molar-refractivity contribution in [3.63, 3.8) is 0 Å². The van der Waals surface area contributed by atoms with Crippen molar-refractivity contribution >= 4 is 22.6 Å². The third-order valence-electron chi connectivity index (χ3n) is 5.04. The largest absolute Gasteiger partial charge is 0.494 e. The monoisotopic (exact) mass is 432 g/mol. The molecule has 4 nitrogen and oxygen atoms in total. The Hall–Kier alpha value is -3.24. The van der Waals surface area contributed by atoms with E-state index in [4.69, 9.17) is 26.1 Å². The van der Waals surface area contributed by atoms with E-state index in [1.165, 1.54) is 0 Å². The molecule has 0 saturated heterocycles. The molecule has 0 atom stereocenters. The van der Waals surface area contributed by atoms with Gasteiger partial charge in [-0.3, -0.25) is 0 Å². The van der Waals surface area contributed by atoms with Gasteiger partial charge in [0, 0.05) is 11.6 Å². The average molecular weight is 433 g/mol. The van der Waals surface area contributed by atoms with Crippen LogP contribution in [0.5, 0.6) is 11.5 Å². The van der Waals surface area contributed by atoms with E-state index in [9.17, 15) is 0 Å². The molecule has 0 aliphatic heterocycles. The number of hydrogen-bond donors (Lipinski definition) is 0. The molecule has 0 fully saturated rings. The quantitative estimate of drug-likeness (QED) is 0.213. The van der Waals surface area contributed by atoms with Crippen LogP contribution >= 0.6 is 11.6 Å². The molecule has 4 rings (SSSR count). The molecule has 0 bridgehead atoms. The summed E-state index contributed by atoms with van der Waals surface area (Å²) in [5.41, 5.74) is 3.20. The number of imidazole rings is 1. The Kier molecular flexibility index (Phi) is 6.90. The molecular formula is C26H25ClN2O2. The first-order valence-corrected chi connectivity index (χ1v) is 10.8. The van der Waals surface area contributed by atoms with Gasteiger partial charge in [-0.1, -0.05) is 48.0 Å². The van der Waals surface area contributed by atoms with E-state index in [2.05, 4.69) is 23.3 Å². The predicted octanol–water partition coefficient (Wildman–Crippen LogP) is 6.47. The lowest BCUT2D eigenvalue weighted by atomic mass is 10.1. The van der Waals surface area contributed by atoms with Crippen LogP contribution in [-0.2, 0) is 19.6 Å². The predicted molar refractivity (Wildman–Crippen MR) is 126 cm³/mol. The number of rotatable bonds is 10. The molecule has 0 radical (unpaired) electrons. The molecule has 4 aromatic rings. The molecule has 158 valence electrons. The Labute approximate surface area is 187 Å². The zero-order valence-electron chi connectivity index (χ0n) is 17.3. The minimum Gasteiger partial charge on any atom is -0.494 e. The summed E-state index contributed by atoms with van der Waals surface area (Å²) >= 11 is 5.93. The molecule has 1 aromatic heterocycles. The average Bonchev–Trinajstić information content (AvgIpc) is 3.15. The minimum atomic E-state index is 0.404. The van der Waals surface area contributed by atoms with Gasteiger partial charge in [0.2, 0.25) is 0 Å². The summed E-state index contributed by atoms with van der Waals surface area (Å²) in [5.74, 6) is 2.59. The fourth-order valence-electron chi connectivity index (χ4n) is 3.54. The van der Waals surface area contributed by atoms with Crippen molar-refractivity contribution in [2.24, 2.45) is 0 Å². The van der Waals surface area contributed by atoms with E-state index < -0.39 is 0 Å². The normalized spacial score (nSPS) is 10.9. The van der Waals surface area contributed by atoms with E-state index in [1.807, 2.05) is 66.7 Å². The lowest BCUT2D eigenvalue weighted by Crippen LogP contribution is -2.10. The number of allylic oxidation sites excluding steroid dienone is 1. The van der Waals surface area contributed by atoms with Crippen molar-refractivity contribution in [1.82, 2.24) is 9.55 Å². The first kappa shape index (κ1) is 21.0. The van der Waals surface area contributed by atoms with Crippen molar-refractivity contribution < 1.29 is 9.47 Å². The molecule has 3 aromatic carbocycles. The van der Waals surface area contributed by atoms with E-state index in [-0.39, 0.29) is 0 Å². The highest BCUT2D eigenvalue weighted by atomic mass is 35.5. The zero-order valence-corrected chi connectivity index (χ0v) is 18.1. The number of aryl methyl sites for hydroxylation is 1. The van der Waals surface area contributed by atoms with Gasteiger partial charge >= 0.3 is 0 Å². The lowest BCUT2D eigenvalue weighted by Gasteiger charge is -2.13. The van der Waals surface area contributed by atoms with Gasteiger partial charge in [-0.05, 0) is 60.9 Å². The maximum Gasteiger partial charge on any atom is 0.148 e. The van der Waals surface area contributed by atoms with Crippen molar-refractivity contribution in [3.05, 3.63) is 102 Å². The van der Waals surface area contributed by atoms with Crippen LogP contribution in [0.25, 0.3) is 11.0 Å². The fraction of sp³-hybridized carbons (Fsp3) is 0.192. The second-order valence-electron chi connectivity index (χ2n) is 7.21. The van der Waals surface area contributed by atoms with Crippen LogP contribution in [0.3, 0.4) is 0 Å². The van der Waals surface area contributed by atoms with E-state index in [0.717, 1.165) is 53.3 Å². The van der Waals surface area contributed by atoms with Gasteiger partial charge in [-0.15, -0.1) is 6.58 Å². The number of aromatic nitrogens is 2. The van der Waals surface area contributed by atoms with Crippen LogP contribution in [0.1, 0.15) is 17.8 Å². The topological polar surface area (TPSA) is 36.3 Å². The van der Waals surface area contributed by atoms with Gasteiger partial charge in [-0.2, -0.15) is 0 Å². The summed E-state index contributed by atoms with van der Waals surface area (Å²) in [6.45, 7) is 5.64. The Bertz CT molecular complexity index is 1150. The Morgan fingerprint density at radius 3 is 2.55 bits per heavy atom. The van der Waals surface area contributed by atoms with Crippen LogP contribution in [0.2, 0.25) is 5.02 Å². The van der Waals surface area contributed by atoms with E-state index in [0.29, 0.717) is 18.2 Å². The van der Waals surface area contributed by atoms with Crippen molar-refractivity contribution in [2.45, 2.75) is 26.0 Å². The summed E-state index contributed by atoms with van der Waals surface area (Å²) in [7, 11) is 0. The van der Waals surface area contributed by atoms with Crippen molar-refractivity contribution in [1.29, 1.82) is 0 Å². The highest BCUT2D eigenvalue weighted by Gasteiger charge is 2.12. The second-order valence-corrected chi connectivity index (χ2v) is 7.65. The number of nitrogens with zero attached hydrogens (tertiary/aromatic N) is 2. The van der Waals surface area contributed by atoms with Gasteiger partial charge in [0.1, 0.15) is 23.9 Å². The van der Waals surface area contributed by atoms with E-state index >= 15 is 0 Å². The van der Waals surface area contributed by atoms with Crippen LogP contribution in [0.15, 0.2) is 85.5 Å². The maximum atomic E-state index is 6.16. The highest BCUT2D eigenvalue weighted by molar-refractivity contribution is 6.30. The number of ether oxygens (including phenoxy) is 2. The van der Waals surface area contributed by atoms with Gasteiger partial charge in [0.15, 0.2) is 0 Å². The first-order chi connectivity index (χ1) is 15.2. The third-order valence-corrected chi connectivity index (χ3v) is 5.29. The summed E-state index contributed by atoms with van der Waals surface area (Å²) in [6.07, 6.45) is 3.51. The van der Waals surface area contributed by atoms with Crippen LogP contribution in [0, 0.1) is 0 Å². The SMILES string of the molecule is C=CCc1ccccc1OCc1nc2ccccc2n1CCCOc1ccc(Cl)cc1. The molecule has 0 aliphatic carbocycles.